The molecule has 0 saturated heterocycles. The Balaban J connectivity index is 2.46. The lowest BCUT2D eigenvalue weighted by atomic mass is 10.2. The Morgan fingerprint density at radius 2 is 2.29 bits per heavy atom. The lowest BCUT2D eigenvalue weighted by Crippen LogP contribution is -2.30. The molecule has 1 aromatic heterocycles. The van der Waals surface area contributed by atoms with Gasteiger partial charge in [-0.1, -0.05) is 6.92 Å². The predicted octanol–water partition coefficient (Wildman–Crippen LogP) is 0.889. The summed E-state index contributed by atoms with van der Waals surface area (Å²) in [5.41, 5.74) is 5.94. The molecule has 96 valence electrons. The van der Waals surface area contributed by atoms with E-state index < -0.39 is 0 Å². The van der Waals surface area contributed by atoms with E-state index in [1.165, 1.54) is 0 Å². The summed E-state index contributed by atoms with van der Waals surface area (Å²) in [4.78, 5) is 13.7. The van der Waals surface area contributed by atoms with Crippen molar-refractivity contribution >= 4 is 5.91 Å². The molecule has 0 aliphatic rings. The molecule has 0 saturated carbocycles. The molecular weight excluding hydrogens is 220 g/mol. The van der Waals surface area contributed by atoms with Gasteiger partial charge in [-0.3, -0.25) is 4.79 Å². The van der Waals surface area contributed by atoms with Crippen LogP contribution in [0.3, 0.4) is 0 Å². The second-order valence-corrected chi connectivity index (χ2v) is 3.74. The van der Waals surface area contributed by atoms with E-state index in [9.17, 15) is 4.79 Å². The Morgan fingerprint density at radius 3 is 2.94 bits per heavy atom. The van der Waals surface area contributed by atoms with E-state index in [2.05, 4.69) is 0 Å². The monoisotopic (exact) mass is 240 g/mol. The van der Waals surface area contributed by atoms with Crippen molar-refractivity contribution in [2.45, 2.75) is 13.3 Å². The zero-order chi connectivity index (χ0) is 12.7. The summed E-state index contributed by atoms with van der Waals surface area (Å²) in [5, 5.41) is 0. The van der Waals surface area contributed by atoms with Gasteiger partial charge in [-0.15, -0.1) is 0 Å². The van der Waals surface area contributed by atoms with Crippen LogP contribution in [-0.4, -0.2) is 44.2 Å². The van der Waals surface area contributed by atoms with Crippen LogP contribution in [0.2, 0.25) is 0 Å². The normalized spacial score (nSPS) is 10.5. The molecule has 0 aliphatic carbocycles. The summed E-state index contributed by atoms with van der Waals surface area (Å²) in [5.74, 6) is 0.691. The minimum absolute atomic E-state index is 0.0352. The van der Waals surface area contributed by atoms with E-state index >= 15 is 0 Å². The van der Waals surface area contributed by atoms with Gasteiger partial charge >= 0.3 is 0 Å². The van der Waals surface area contributed by atoms with Crippen molar-refractivity contribution in [2.24, 2.45) is 5.73 Å². The maximum atomic E-state index is 12.0. The van der Waals surface area contributed by atoms with Crippen molar-refractivity contribution in [2.75, 3.05) is 33.4 Å². The van der Waals surface area contributed by atoms with Crippen LogP contribution in [0.15, 0.2) is 16.7 Å². The minimum Gasteiger partial charge on any atom is -0.469 e. The summed E-state index contributed by atoms with van der Waals surface area (Å²) in [6.45, 7) is 4.03. The van der Waals surface area contributed by atoms with Crippen molar-refractivity contribution in [3.8, 4) is 0 Å². The predicted molar refractivity (Wildman–Crippen MR) is 64.9 cm³/mol. The molecule has 0 unspecified atom stereocenters. The third-order valence-corrected chi connectivity index (χ3v) is 2.48. The van der Waals surface area contributed by atoms with Crippen LogP contribution in [0.1, 0.15) is 23.0 Å². The number of carbonyl (C=O) groups is 1. The highest BCUT2D eigenvalue weighted by Gasteiger charge is 2.16. The first-order valence-corrected chi connectivity index (χ1v) is 5.80. The van der Waals surface area contributed by atoms with E-state index in [4.69, 9.17) is 14.9 Å². The van der Waals surface area contributed by atoms with Crippen molar-refractivity contribution in [1.29, 1.82) is 0 Å². The fourth-order valence-corrected chi connectivity index (χ4v) is 1.50. The second kappa shape index (κ2) is 7.09. The average Bonchev–Trinajstić information content (AvgIpc) is 2.81. The minimum atomic E-state index is -0.0352. The summed E-state index contributed by atoms with van der Waals surface area (Å²) in [6, 6.07) is 1.71. The molecule has 1 aromatic rings. The first-order valence-electron chi connectivity index (χ1n) is 5.80. The maximum absolute atomic E-state index is 12.0. The Bertz CT molecular complexity index is 349. The standard InChI is InChI=1S/C12H20N2O3/c1-3-11-10(4-7-17-11)12(15)14(2)6-9-16-8-5-13/h4,7H,3,5-6,8-9,13H2,1-2H3. The Morgan fingerprint density at radius 1 is 1.53 bits per heavy atom. The Kier molecular flexibility index (Phi) is 5.72. The number of furan rings is 1. The molecule has 0 radical (unpaired) electrons. The molecule has 0 bridgehead atoms. The summed E-state index contributed by atoms with van der Waals surface area (Å²) in [7, 11) is 1.75. The number of hydrogen-bond acceptors (Lipinski definition) is 4. The van der Waals surface area contributed by atoms with Crippen LogP contribution in [0.5, 0.6) is 0 Å². The van der Waals surface area contributed by atoms with Gasteiger partial charge in [-0.05, 0) is 6.07 Å². The fraction of sp³-hybridized carbons (Fsp3) is 0.583. The second-order valence-electron chi connectivity index (χ2n) is 3.74. The molecule has 1 heterocycles. The highest BCUT2D eigenvalue weighted by atomic mass is 16.5. The quantitative estimate of drug-likeness (QED) is 0.719. The topological polar surface area (TPSA) is 68.7 Å². The molecule has 0 fully saturated rings. The van der Waals surface area contributed by atoms with E-state index in [1.54, 1.807) is 24.3 Å². The molecular formula is C12H20N2O3. The molecule has 0 aromatic carbocycles. The van der Waals surface area contributed by atoms with Gasteiger partial charge in [0.05, 0.1) is 25.0 Å². The van der Waals surface area contributed by atoms with Gasteiger partial charge in [0, 0.05) is 26.6 Å². The molecule has 0 aliphatic heterocycles. The molecule has 0 spiro atoms. The van der Waals surface area contributed by atoms with E-state index in [-0.39, 0.29) is 5.91 Å². The van der Waals surface area contributed by atoms with Gasteiger partial charge in [-0.2, -0.15) is 0 Å². The lowest BCUT2D eigenvalue weighted by molar-refractivity contribution is 0.0702. The molecule has 2 N–H and O–H groups in total. The van der Waals surface area contributed by atoms with E-state index in [0.29, 0.717) is 38.3 Å². The number of rotatable bonds is 7. The van der Waals surface area contributed by atoms with E-state index in [0.717, 1.165) is 5.76 Å². The van der Waals surface area contributed by atoms with Crippen LogP contribution in [0, 0.1) is 0 Å². The number of nitrogens with two attached hydrogens (primary N) is 1. The number of nitrogens with zero attached hydrogens (tertiary/aromatic N) is 1. The molecule has 17 heavy (non-hydrogen) atoms. The van der Waals surface area contributed by atoms with Crippen LogP contribution in [0.25, 0.3) is 0 Å². The van der Waals surface area contributed by atoms with Gasteiger partial charge in [0.1, 0.15) is 5.76 Å². The molecule has 0 atom stereocenters. The summed E-state index contributed by atoms with van der Waals surface area (Å²) < 4.78 is 10.5. The maximum Gasteiger partial charge on any atom is 0.257 e. The highest BCUT2D eigenvalue weighted by Crippen LogP contribution is 2.13. The largest absolute Gasteiger partial charge is 0.469 e. The van der Waals surface area contributed by atoms with Gasteiger partial charge in [0.25, 0.3) is 5.91 Å². The number of amides is 1. The number of carbonyl (C=O) groups excluding carboxylic acids is 1. The SMILES string of the molecule is CCc1occc1C(=O)N(C)CCOCCN. The number of hydrogen-bond donors (Lipinski definition) is 1. The third-order valence-electron chi connectivity index (χ3n) is 2.48. The fourth-order valence-electron chi connectivity index (χ4n) is 1.50. The highest BCUT2D eigenvalue weighted by molar-refractivity contribution is 5.95. The van der Waals surface area contributed by atoms with Crippen LogP contribution in [0.4, 0.5) is 0 Å². The summed E-state index contributed by atoms with van der Waals surface area (Å²) in [6.07, 6.45) is 2.26. The van der Waals surface area contributed by atoms with Crippen molar-refractivity contribution in [3.05, 3.63) is 23.7 Å². The smallest absolute Gasteiger partial charge is 0.257 e. The molecule has 5 heteroatoms. The third kappa shape index (κ3) is 3.87. The zero-order valence-electron chi connectivity index (χ0n) is 10.4. The van der Waals surface area contributed by atoms with Crippen molar-refractivity contribution < 1.29 is 13.9 Å². The van der Waals surface area contributed by atoms with Crippen LogP contribution < -0.4 is 5.73 Å². The molecule has 1 rings (SSSR count). The van der Waals surface area contributed by atoms with Crippen LogP contribution >= 0.6 is 0 Å². The molecule has 1 amide bonds. The van der Waals surface area contributed by atoms with Gasteiger partial charge in [0.15, 0.2) is 0 Å². The van der Waals surface area contributed by atoms with Crippen LogP contribution in [-0.2, 0) is 11.2 Å². The first kappa shape index (κ1) is 13.7. The first-order chi connectivity index (χ1) is 8.20. The van der Waals surface area contributed by atoms with Crippen molar-refractivity contribution in [1.82, 2.24) is 4.90 Å². The zero-order valence-corrected chi connectivity index (χ0v) is 10.4. The number of ether oxygens (including phenoxy) is 1. The lowest BCUT2D eigenvalue weighted by Gasteiger charge is -2.16. The van der Waals surface area contributed by atoms with Gasteiger partial charge in [-0.25, -0.2) is 0 Å². The summed E-state index contributed by atoms with van der Waals surface area (Å²) >= 11 is 0. The Labute approximate surface area is 102 Å². The van der Waals surface area contributed by atoms with Gasteiger partial charge in [0.2, 0.25) is 0 Å². The number of likely N-dealkylation sites (N-methyl/N-ethyl adjacent to an activating group) is 1. The van der Waals surface area contributed by atoms with Crippen molar-refractivity contribution in [3.63, 3.8) is 0 Å². The molecule has 5 nitrogen and oxygen atoms in total. The average molecular weight is 240 g/mol. The van der Waals surface area contributed by atoms with Gasteiger partial charge < -0.3 is 19.8 Å². The van der Waals surface area contributed by atoms with E-state index in [1.807, 2.05) is 6.92 Å². The Hall–Kier alpha value is -1.33. The number of aryl methyl sites for hydroxylation is 1.